The summed E-state index contributed by atoms with van der Waals surface area (Å²) in [5.74, 6) is 0. The molecule has 3 nitrogen and oxygen atoms in total. The monoisotopic (exact) mass is 749 g/mol. The van der Waals surface area contributed by atoms with Gasteiger partial charge in [-0.2, -0.15) is 5.26 Å². The lowest BCUT2D eigenvalue weighted by Gasteiger charge is -2.31. The minimum atomic E-state index is -0.529. The molecule has 0 aliphatic heterocycles. The molecule has 0 saturated carbocycles. The van der Waals surface area contributed by atoms with Crippen molar-refractivity contribution in [3.05, 3.63) is 221 Å². The highest BCUT2D eigenvalue weighted by molar-refractivity contribution is 6.11. The van der Waals surface area contributed by atoms with Crippen LogP contribution >= 0.6 is 0 Å². The third kappa shape index (κ3) is 4.25. The molecule has 1 spiro atoms. The number of aromatic nitrogens is 2. The van der Waals surface area contributed by atoms with E-state index in [1.807, 2.05) is 6.07 Å². The van der Waals surface area contributed by atoms with Crippen LogP contribution in [0.15, 0.2) is 182 Å². The lowest BCUT2D eigenvalue weighted by atomic mass is 9.70. The minimum absolute atomic E-state index is 0.529. The first-order chi connectivity index (χ1) is 29.2. The van der Waals surface area contributed by atoms with Gasteiger partial charge >= 0.3 is 0 Å². The highest BCUT2D eigenvalue weighted by atomic mass is 15.0. The number of benzene rings is 8. The van der Waals surface area contributed by atoms with E-state index in [0.717, 1.165) is 12.8 Å². The molecule has 2 aromatic heterocycles. The molecule has 3 aliphatic rings. The highest BCUT2D eigenvalue weighted by Crippen LogP contribution is 2.63. The van der Waals surface area contributed by atoms with Crippen LogP contribution in [0.1, 0.15) is 45.5 Å². The average Bonchev–Trinajstić information content (AvgIpc) is 4.00. The van der Waals surface area contributed by atoms with Gasteiger partial charge in [-0.05, 0) is 135 Å². The van der Waals surface area contributed by atoms with Crippen molar-refractivity contribution in [2.45, 2.75) is 18.3 Å². The molecule has 8 aromatic carbocycles. The largest absolute Gasteiger partial charge is 0.313 e. The standard InChI is InChI=1S/C56H35N3/c57-34-35-22-26-42-40-14-4-8-18-48(40)56(50(42)30-35)49-19-9-5-15-41(49)43-27-25-39(33-51(43)56)59-53-21-11-7-17-45(53)47-32-37(24-29-55(47)59)36-23-28-54-46(31-36)44-16-6-10-20-52(44)58(54)38-12-2-1-3-13-38/h1-10,12-20,22-33H,11,21H2. The van der Waals surface area contributed by atoms with E-state index in [-0.39, 0.29) is 0 Å². The molecule has 1 atom stereocenters. The molecule has 3 aliphatic carbocycles. The maximum absolute atomic E-state index is 10.2. The van der Waals surface area contributed by atoms with Gasteiger partial charge in [-0.3, -0.25) is 0 Å². The van der Waals surface area contributed by atoms with Crippen molar-refractivity contribution in [1.29, 1.82) is 5.26 Å². The van der Waals surface area contributed by atoms with Crippen molar-refractivity contribution < 1.29 is 0 Å². The van der Waals surface area contributed by atoms with Crippen LogP contribution in [-0.2, 0) is 11.8 Å². The second kappa shape index (κ2) is 11.9. The molecule has 0 saturated heterocycles. The first kappa shape index (κ1) is 32.4. The molecule has 10 aromatic rings. The molecule has 0 radical (unpaired) electrons. The predicted molar refractivity (Wildman–Crippen MR) is 241 cm³/mol. The van der Waals surface area contributed by atoms with Gasteiger partial charge in [0.2, 0.25) is 0 Å². The summed E-state index contributed by atoms with van der Waals surface area (Å²) in [6, 6.07) is 67.0. The number of nitrogens with zero attached hydrogens (tertiary/aromatic N) is 3. The summed E-state index contributed by atoms with van der Waals surface area (Å²) >= 11 is 0. The van der Waals surface area contributed by atoms with Crippen LogP contribution in [0, 0.1) is 11.3 Å². The lowest BCUT2D eigenvalue weighted by Crippen LogP contribution is -2.26. The Kier molecular flexibility index (Phi) is 6.55. The van der Waals surface area contributed by atoms with Crippen molar-refractivity contribution in [2.24, 2.45) is 0 Å². The summed E-state index contributed by atoms with van der Waals surface area (Å²) in [6.45, 7) is 0. The van der Waals surface area contributed by atoms with Crippen LogP contribution in [0.2, 0.25) is 0 Å². The van der Waals surface area contributed by atoms with Gasteiger partial charge in [0.1, 0.15) is 0 Å². The van der Waals surface area contributed by atoms with Crippen LogP contribution in [0.5, 0.6) is 0 Å². The molecular weight excluding hydrogens is 715 g/mol. The second-order valence-corrected chi connectivity index (χ2v) is 16.2. The zero-order valence-corrected chi connectivity index (χ0v) is 32.2. The van der Waals surface area contributed by atoms with Gasteiger partial charge in [0.05, 0.1) is 33.6 Å². The molecule has 0 fully saturated rings. The Hall–Kier alpha value is -7.67. The molecule has 59 heavy (non-hydrogen) atoms. The van der Waals surface area contributed by atoms with E-state index >= 15 is 0 Å². The zero-order chi connectivity index (χ0) is 38.8. The molecule has 13 rings (SSSR count). The Morgan fingerprint density at radius 1 is 0.458 bits per heavy atom. The number of hydrogen-bond donors (Lipinski definition) is 0. The average molecular weight is 750 g/mol. The lowest BCUT2D eigenvalue weighted by molar-refractivity contribution is 0.790. The molecular formula is C56H35N3. The van der Waals surface area contributed by atoms with Crippen molar-refractivity contribution in [2.75, 3.05) is 0 Å². The van der Waals surface area contributed by atoms with Gasteiger partial charge in [-0.25, -0.2) is 0 Å². The number of hydrogen-bond acceptors (Lipinski definition) is 1. The summed E-state index contributed by atoms with van der Waals surface area (Å²) in [5, 5.41) is 13.9. The molecule has 0 N–H and O–H groups in total. The number of rotatable bonds is 3. The molecule has 1 unspecified atom stereocenters. The van der Waals surface area contributed by atoms with Gasteiger partial charge in [-0.15, -0.1) is 0 Å². The fourth-order valence-electron chi connectivity index (χ4n) is 11.0. The SMILES string of the molecule is N#Cc1ccc2c(c1)C1(c3ccccc3-2)c2ccccc2-c2ccc(-n3c4c(c5cc(-c6ccc7c(c6)c6ccccc6n7-c6ccccc6)ccc53)C=CCC4)cc21. The molecule has 274 valence electrons. The number of fused-ring (bicyclic) bond motifs is 16. The van der Waals surface area contributed by atoms with E-state index in [0.29, 0.717) is 5.56 Å². The Bertz CT molecular complexity index is 3500. The molecule has 0 bridgehead atoms. The Labute approximate surface area is 342 Å². The zero-order valence-electron chi connectivity index (χ0n) is 32.2. The van der Waals surface area contributed by atoms with Crippen LogP contribution in [0.4, 0.5) is 0 Å². The third-order valence-corrected chi connectivity index (χ3v) is 13.4. The molecule has 2 heterocycles. The van der Waals surface area contributed by atoms with Crippen molar-refractivity contribution in [3.8, 4) is 50.8 Å². The van der Waals surface area contributed by atoms with Crippen molar-refractivity contribution >= 4 is 38.8 Å². The Morgan fingerprint density at radius 3 is 1.83 bits per heavy atom. The van der Waals surface area contributed by atoms with E-state index in [4.69, 9.17) is 0 Å². The smallest absolute Gasteiger partial charge is 0.0991 e. The van der Waals surface area contributed by atoms with Gasteiger partial charge in [0.25, 0.3) is 0 Å². The minimum Gasteiger partial charge on any atom is -0.313 e. The summed E-state index contributed by atoms with van der Waals surface area (Å²) < 4.78 is 4.91. The molecule has 0 amide bonds. The molecule has 3 heteroatoms. The third-order valence-electron chi connectivity index (χ3n) is 13.4. The van der Waals surface area contributed by atoms with E-state index in [2.05, 4.69) is 197 Å². The van der Waals surface area contributed by atoms with Crippen LogP contribution in [-0.4, -0.2) is 9.13 Å². The first-order valence-corrected chi connectivity index (χ1v) is 20.5. The van der Waals surface area contributed by atoms with Crippen molar-refractivity contribution in [1.82, 2.24) is 9.13 Å². The van der Waals surface area contributed by atoms with E-state index in [1.54, 1.807) is 0 Å². The summed E-state index contributed by atoms with van der Waals surface area (Å²) in [5.41, 5.74) is 21.2. The number of nitriles is 1. The normalized spacial score (nSPS) is 15.6. The van der Waals surface area contributed by atoms with Crippen LogP contribution in [0.25, 0.3) is 83.5 Å². The predicted octanol–water partition coefficient (Wildman–Crippen LogP) is 13.6. The van der Waals surface area contributed by atoms with Gasteiger partial charge < -0.3 is 9.13 Å². The highest BCUT2D eigenvalue weighted by Gasteiger charge is 2.51. The van der Waals surface area contributed by atoms with Gasteiger partial charge in [-0.1, -0.05) is 121 Å². The van der Waals surface area contributed by atoms with Gasteiger partial charge in [0.15, 0.2) is 0 Å². The van der Waals surface area contributed by atoms with E-state index in [9.17, 15) is 5.26 Å². The summed E-state index contributed by atoms with van der Waals surface area (Å²) in [4.78, 5) is 0. The maximum Gasteiger partial charge on any atom is 0.0991 e. The fourth-order valence-corrected chi connectivity index (χ4v) is 11.0. The van der Waals surface area contributed by atoms with Crippen molar-refractivity contribution in [3.63, 3.8) is 0 Å². The van der Waals surface area contributed by atoms with Crippen LogP contribution in [0.3, 0.4) is 0 Å². The quantitative estimate of drug-likeness (QED) is 0.177. The van der Waals surface area contributed by atoms with Crippen LogP contribution < -0.4 is 0 Å². The summed E-state index contributed by atoms with van der Waals surface area (Å²) in [6.07, 6.45) is 6.66. The summed E-state index contributed by atoms with van der Waals surface area (Å²) in [7, 11) is 0. The van der Waals surface area contributed by atoms with E-state index < -0.39 is 5.41 Å². The van der Waals surface area contributed by atoms with E-state index in [1.165, 1.54) is 111 Å². The first-order valence-electron chi connectivity index (χ1n) is 20.5. The number of para-hydroxylation sites is 2. The Balaban J connectivity index is 1.01. The maximum atomic E-state index is 10.2. The number of allylic oxidation sites excluding steroid dienone is 1. The fraction of sp³-hybridized carbons (Fsp3) is 0.0536. The topological polar surface area (TPSA) is 33.6 Å². The van der Waals surface area contributed by atoms with Gasteiger partial charge in [0, 0.05) is 38.8 Å². The second-order valence-electron chi connectivity index (χ2n) is 16.2. The Morgan fingerprint density at radius 2 is 1.07 bits per heavy atom.